The van der Waals surface area contributed by atoms with E-state index < -0.39 is 0 Å². The van der Waals surface area contributed by atoms with Crippen molar-refractivity contribution in [3.8, 4) is 22.3 Å². The zero-order chi connectivity index (χ0) is 24.2. The Morgan fingerprint density at radius 2 is 1.97 bits per heavy atom. The molecular formula is C26H29N9. The number of rotatable bonds is 4. The molecule has 5 aromatic rings. The number of aromatic amines is 1. The van der Waals surface area contributed by atoms with E-state index in [-0.39, 0.29) is 0 Å². The Labute approximate surface area is 203 Å². The largest absolute Gasteiger partial charge is 0.405 e. The SMILES string of the molecule is C=CN.CN1CCC(Nc2ncc3c(-c4ccn5ncc(-c6cccnc6)c5c4)c[nH]c3n2)CC1. The Hall–Kier alpha value is -4.24. The van der Waals surface area contributed by atoms with E-state index in [4.69, 9.17) is 4.98 Å². The fourth-order valence-electron chi connectivity index (χ4n) is 4.44. The van der Waals surface area contributed by atoms with Crippen molar-refractivity contribution in [2.75, 3.05) is 25.5 Å². The Balaban J connectivity index is 0.000000806. The van der Waals surface area contributed by atoms with Crippen LogP contribution in [0.15, 0.2) is 74.2 Å². The van der Waals surface area contributed by atoms with Crippen LogP contribution >= 0.6 is 0 Å². The molecule has 6 heterocycles. The van der Waals surface area contributed by atoms with E-state index in [0.717, 1.165) is 64.7 Å². The minimum Gasteiger partial charge on any atom is -0.405 e. The summed E-state index contributed by atoms with van der Waals surface area (Å²) in [6, 6.07) is 8.64. The van der Waals surface area contributed by atoms with Gasteiger partial charge < -0.3 is 20.9 Å². The number of likely N-dealkylation sites (tertiary alicyclic amines) is 1. The van der Waals surface area contributed by atoms with Crippen LogP contribution in [0.4, 0.5) is 5.95 Å². The number of anilines is 1. The predicted molar refractivity (Wildman–Crippen MR) is 140 cm³/mol. The number of hydrogen-bond donors (Lipinski definition) is 3. The molecule has 0 atom stereocenters. The van der Waals surface area contributed by atoms with Crippen molar-refractivity contribution < 1.29 is 0 Å². The first kappa shape index (κ1) is 22.5. The molecule has 1 aliphatic heterocycles. The van der Waals surface area contributed by atoms with Gasteiger partial charge in [0, 0.05) is 59.1 Å². The summed E-state index contributed by atoms with van der Waals surface area (Å²) < 4.78 is 1.89. The Morgan fingerprint density at radius 3 is 2.74 bits per heavy atom. The van der Waals surface area contributed by atoms with Gasteiger partial charge in [-0.05, 0) is 62.9 Å². The van der Waals surface area contributed by atoms with Gasteiger partial charge in [0.25, 0.3) is 0 Å². The first-order valence-corrected chi connectivity index (χ1v) is 11.7. The molecule has 4 N–H and O–H groups in total. The van der Waals surface area contributed by atoms with E-state index in [2.05, 4.69) is 67.8 Å². The van der Waals surface area contributed by atoms with E-state index in [1.807, 2.05) is 41.6 Å². The van der Waals surface area contributed by atoms with Crippen LogP contribution in [-0.2, 0) is 0 Å². The average molecular weight is 468 g/mol. The minimum absolute atomic E-state index is 0.424. The van der Waals surface area contributed by atoms with Gasteiger partial charge in [-0.2, -0.15) is 10.1 Å². The molecule has 1 aliphatic rings. The van der Waals surface area contributed by atoms with Crippen LogP contribution in [0.2, 0.25) is 0 Å². The molecule has 0 radical (unpaired) electrons. The molecule has 9 heteroatoms. The van der Waals surface area contributed by atoms with Gasteiger partial charge in [0.2, 0.25) is 5.95 Å². The average Bonchev–Trinajstić information content (AvgIpc) is 3.50. The summed E-state index contributed by atoms with van der Waals surface area (Å²) in [4.78, 5) is 19.3. The van der Waals surface area contributed by atoms with E-state index in [9.17, 15) is 0 Å². The molecule has 9 nitrogen and oxygen atoms in total. The number of nitrogens with two attached hydrogens (primary N) is 1. The highest BCUT2D eigenvalue weighted by Crippen LogP contribution is 2.31. The van der Waals surface area contributed by atoms with Crippen molar-refractivity contribution in [2.24, 2.45) is 5.73 Å². The summed E-state index contributed by atoms with van der Waals surface area (Å²) >= 11 is 0. The highest BCUT2D eigenvalue weighted by atomic mass is 15.2. The second-order valence-electron chi connectivity index (χ2n) is 8.66. The standard InChI is InChI=1S/C24H24N8.C2H5N/c1-31-8-5-18(6-9-31)29-24-27-14-21-19(13-26-23(21)30-24)16-4-10-32-22(11-16)20(15-28-32)17-3-2-7-25-12-17;1-2-3/h2-4,7,10-15,18H,5-6,8-9H2,1H3,(H2,26,27,29,30);2H,1,3H2. The molecule has 6 rings (SSSR count). The van der Waals surface area contributed by atoms with Crippen molar-refractivity contribution in [3.63, 3.8) is 0 Å². The number of nitrogens with one attached hydrogen (secondary N) is 2. The molecule has 0 spiro atoms. The van der Waals surface area contributed by atoms with Gasteiger partial charge in [0.05, 0.1) is 11.7 Å². The van der Waals surface area contributed by atoms with Crippen molar-refractivity contribution in [2.45, 2.75) is 18.9 Å². The first-order chi connectivity index (χ1) is 17.2. The third-order valence-corrected chi connectivity index (χ3v) is 6.29. The number of hydrogen-bond acceptors (Lipinski definition) is 7. The molecule has 0 unspecified atom stereocenters. The van der Waals surface area contributed by atoms with Gasteiger partial charge in [0.1, 0.15) is 5.65 Å². The predicted octanol–water partition coefficient (Wildman–Crippen LogP) is 3.93. The summed E-state index contributed by atoms with van der Waals surface area (Å²) in [5.74, 6) is 0.686. The second-order valence-corrected chi connectivity index (χ2v) is 8.66. The fourth-order valence-corrected chi connectivity index (χ4v) is 4.44. The van der Waals surface area contributed by atoms with E-state index >= 15 is 0 Å². The maximum atomic E-state index is 4.73. The van der Waals surface area contributed by atoms with Crippen LogP contribution in [0.25, 0.3) is 38.8 Å². The lowest BCUT2D eigenvalue weighted by Gasteiger charge is -2.29. The molecule has 1 saturated heterocycles. The molecule has 0 bridgehead atoms. The smallest absolute Gasteiger partial charge is 0.224 e. The maximum Gasteiger partial charge on any atom is 0.224 e. The molecule has 178 valence electrons. The van der Waals surface area contributed by atoms with Gasteiger partial charge in [-0.3, -0.25) is 4.98 Å². The highest BCUT2D eigenvalue weighted by Gasteiger charge is 2.18. The molecule has 0 aromatic carbocycles. The van der Waals surface area contributed by atoms with Crippen molar-refractivity contribution >= 4 is 22.5 Å². The minimum atomic E-state index is 0.424. The molecule has 5 aromatic heterocycles. The summed E-state index contributed by atoms with van der Waals surface area (Å²) in [5.41, 5.74) is 10.8. The van der Waals surface area contributed by atoms with Crippen LogP contribution in [-0.4, -0.2) is 60.6 Å². The lowest BCUT2D eigenvalue weighted by atomic mass is 10.0. The number of nitrogens with zero attached hydrogens (tertiary/aromatic N) is 6. The number of aromatic nitrogens is 6. The quantitative estimate of drug-likeness (QED) is 0.367. The van der Waals surface area contributed by atoms with Crippen LogP contribution < -0.4 is 11.1 Å². The third-order valence-electron chi connectivity index (χ3n) is 6.29. The summed E-state index contributed by atoms with van der Waals surface area (Å²) in [7, 11) is 2.17. The Kier molecular flexibility index (Phi) is 6.40. The van der Waals surface area contributed by atoms with Crippen molar-refractivity contribution in [3.05, 3.63) is 74.2 Å². The summed E-state index contributed by atoms with van der Waals surface area (Å²) in [6.07, 6.45) is 14.9. The molecule has 0 saturated carbocycles. The molecule has 1 fully saturated rings. The van der Waals surface area contributed by atoms with Gasteiger partial charge in [-0.1, -0.05) is 12.6 Å². The third kappa shape index (κ3) is 4.71. The molecular weight excluding hydrogens is 438 g/mol. The van der Waals surface area contributed by atoms with Crippen LogP contribution in [0.1, 0.15) is 12.8 Å². The van der Waals surface area contributed by atoms with Crippen LogP contribution in [0, 0.1) is 0 Å². The highest BCUT2D eigenvalue weighted by molar-refractivity contribution is 5.95. The zero-order valence-electron chi connectivity index (χ0n) is 19.7. The number of piperidine rings is 1. The topological polar surface area (TPSA) is 113 Å². The molecule has 0 amide bonds. The normalized spacial score (nSPS) is 14.5. The van der Waals surface area contributed by atoms with Gasteiger partial charge in [-0.25, -0.2) is 9.50 Å². The molecule has 35 heavy (non-hydrogen) atoms. The lowest BCUT2D eigenvalue weighted by Crippen LogP contribution is -2.37. The Bertz CT molecular complexity index is 1430. The number of pyridine rings is 2. The van der Waals surface area contributed by atoms with E-state index in [1.54, 1.807) is 6.20 Å². The monoisotopic (exact) mass is 467 g/mol. The van der Waals surface area contributed by atoms with Crippen LogP contribution in [0.3, 0.4) is 0 Å². The van der Waals surface area contributed by atoms with Gasteiger partial charge in [0.15, 0.2) is 0 Å². The van der Waals surface area contributed by atoms with E-state index in [1.165, 1.54) is 6.20 Å². The fraction of sp³-hybridized carbons (Fsp3) is 0.231. The number of H-pyrrole nitrogens is 1. The maximum absolute atomic E-state index is 4.73. The summed E-state index contributed by atoms with van der Waals surface area (Å²) in [5, 5.41) is 9.00. The van der Waals surface area contributed by atoms with Gasteiger partial charge in [-0.15, -0.1) is 0 Å². The van der Waals surface area contributed by atoms with Crippen molar-refractivity contribution in [1.29, 1.82) is 0 Å². The molecule has 0 aliphatic carbocycles. The Morgan fingerprint density at radius 1 is 1.14 bits per heavy atom. The van der Waals surface area contributed by atoms with E-state index in [0.29, 0.717) is 12.0 Å². The second kappa shape index (κ2) is 9.94. The lowest BCUT2D eigenvalue weighted by molar-refractivity contribution is 0.263. The summed E-state index contributed by atoms with van der Waals surface area (Å²) in [6.45, 7) is 5.34. The van der Waals surface area contributed by atoms with Crippen molar-refractivity contribution in [1.82, 2.24) is 34.4 Å². The zero-order valence-corrected chi connectivity index (χ0v) is 19.7. The van der Waals surface area contributed by atoms with Crippen LogP contribution in [0.5, 0.6) is 0 Å². The first-order valence-electron chi connectivity index (χ1n) is 11.7. The van der Waals surface area contributed by atoms with Gasteiger partial charge >= 0.3 is 0 Å². The number of fused-ring (bicyclic) bond motifs is 2.